The molecule has 1 aromatic heterocycles. The second-order valence-corrected chi connectivity index (χ2v) is 5.08. The van der Waals surface area contributed by atoms with Gasteiger partial charge in [0, 0.05) is 5.69 Å². The normalized spacial score (nSPS) is 10.8. The van der Waals surface area contributed by atoms with E-state index in [1.165, 1.54) is 0 Å². The predicted octanol–water partition coefficient (Wildman–Crippen LogP) is 2.73. The van der Waals surface area contributed by atoms with Gasteiger partial charge in [-0.3, -0.25) is 4.79 Å². The van der Waals surface area contributed by atoms with Crippen molar-refractivity contribution in [3.8, 4) is 0 Å². The number of imidazole rings is 1. The van der Waals surface area contributed by atoms with E-state index in [1.54, 1.807) is 18.2 Å². The molecule has 0 aliphatic rings. The number of hydrogen-bond donors (Lipinski definition) is 3. The van der Waals surface area contributed by atoms with Crippen molar-refractivity contribution in [3.63, 3.8) is 0 Å². The van der Waals surface area contributed by atoms with Gasteiger partial charge in [-0.2, -0.15) is 0 Å². The number of carbonyl (C=O) groups excluding carboxylic acids is 1. The fourth-order valence-electron chi connectivity index (χ4n) is 2.31. The van der Waals surface area contributed by atoms with Crippen LogP contribution in [0.3, 0.4) is 0 Å². The molecule has 0 spiro atoms. The Kier molecular flexibility index (Phi) is 3.10. The van der Waals surface area contributed by atoms with Crippen molar-refractivity contribution in [1.82, 2.24) is 9.97 Å². The summed E-state index contributed by atoms with van der Waals surface area (Å²) in [7, 11) is 0. The molecule has 21 heavy (non-hydrogen) atoms. The summed E-state index contributed by atoms with van der Waals surface area (Å²) >= 11 is 0. The minimum absolute atomic E-state index is 0.246. The lowest BCUT2D eigenvalue weighted by Crippen LogP contribution is -2.13. The van der Waals surface area contributed by atoms with Crippen molar-refractivity contribution >= 4 is 22.6 Å². The number of anilines is 1. The van der Waals surface area contributed by atoms with E-state index in [1.807, 2.05) is 32.0 Å². The van der Waals surface area contributed by atoms with Crippen LogP contribution in [0.25, 0.3) is 11.0 Å². The zero-order valence-corrected chi connectivity index (χ0v) is 11.8. The Hall–Kier alpha value is -2.82. The number of carbonyl (C=O) groups is 1. The van der Waals surface area contributed by atoms with Gasteiger partial charge in [0.1, 0.15) is 0 Å². The van der Waals surface area contributed by atoms with Crippen LogP contribution >= 0.6 is 0 Å². The number of hydrogen-bond acceptors (Lipinski definition) is 2. The van der Waals surface area contributed by atoms with Crippen LogP contribution in [0, 0.1) is 13.8 Å². The Labute approximate surface area is 121 Å². The van der Waals surface area contributed by atoms with Gasteiger partial charge in [-0.25, -0.2) is 4.79 Å². The summed E-state index contributed by atoms with van der Waals surface area (Å²) in [5, 5.41) is 2.89. The fourth-order valence-corrected chi connectivity index (χ4v) is 2.31. The predicted molar refractivity (Wildman–Crippen MR) is 82.8 cm³/mol. The minimum Gasteiger partial charge on any atom is -0.322 e. The van der Waals surface area contributed by atoms with Gasteiger partial charge >= 0.3 is 5.69 Å². The summed E-state index contributed by atoms with van der Waals surface area (Å²) in [6.07, 6.45) is 0. The van der Waals surface area contributed by atoms with E-state index in [-0.39, 0.29) is 11.6 Å². The third kappa shape index (κ3) is 2.45. The van der Waals surface area contributed by atoms with Crippen LogP contribution < -0.4 is 11.0 Å². The van der Waals surface area contributed by atoms with Crippen molar-refractivity contribution in [2.45, 2.75) is 13.8 Å². The topological polar surface area (TPSA) is 77.8 Å². The standard InChI is InChI=1S/C16H15N3O2/c1-9-6-7-10(2)13(8-9)17-15(20)11-4-3-5-12-14(11)19-16(21)18-12/h3-8H,1-2H3,(H,17,20)(H2,18,19,21). The van der Waals surface area contributed by atoms with Gasteiger partial charge in [0.2, 0.25) is 0 Å². The number of aromatic nitrogens is 2. The molecule has 0 saturated heterocycles. The van der Waals surface area contributed by atoms with Crippen LogP contribution in [-0.2, 0) is 0 Å². The van der Waals surface area contributed by atoms with E-state index in [0.29, 0.717) is 16.6 Å². The van der Waals surface area contributed by atoms with E-state index in [9.17, 15) is 9.59 Å². The lowest BCUT2D eigenvalue weighted by atomic mass is 10.1. The first-order chi connectivity index (χ1) is 10.0. The molecule has 0 aliphatic heterocycles. The summed E-state index contributed by atoms with van der Waals surface area (Å²) < 4.78 is 0. The van der Waals surface area contributed by atoms with Crippen molar-refractivity contribution in [2.75, 3.05) is 5.32 Å². The average molecular weight is 281 g/mol. The smallest absolute Gasteiger partial charge is 0.322 e. The Morgan fingerprint density at radius 2 is 1.90 bits per heavy atom. The van der Waals surface area contributed by atoms with Crippen molar-refractivity contribution in [1.29, 1.82) is 0 Å². The number of para-hydroxylation sites is 1. The number of aryl methyl sites for hydroxylation is 2. The van der Waals surface area contributed by atoms with E-state index in [0.717, 1.165) is 16.8 Å². The molecule has 0 fully saturated rings. The number of amides is 1. The number of aromatic amines is 2. The van der Waals surface area contributed by atoms with Gasteiger partial charge in [0.05, 0.1) is 16.6 Å². The molecule has 106 valence electrons. The highest BCUT2D eigenvalue weighted by atomic mass is 16.2. The Morgan fingerprint density at radius 3 is 2.71 bits per heavy atom. The molecule has 0 bridgehead atoms. The average Bonchev–Trinajstić information content (AvgIpc) is 2.82. The number of nitrogens with one attached hydrogen (secondary N) is 3. The Morgan fingerprint density at radius 1 is 1.10 bits per heavy atom. The lowest BCUT2D eigenvalue weighted by Gasteiger charge is -2.09. The second kappa shape index (κ2) is 4.94. The highest BCUT2D eigenvalue weighted by molar-refractivity contribution is 6.11. The van der Waals surface area contributed by atoms with Gasteiger partial charge in [-0.1, -0.05) is 18.2 Å². The SMILES string of the molecule is Cc1ccc(C)c(NC(=O)c2cccc3[nH]c(=O)[nH]c23)c1. The van der Waals surface area contributed by atoms with Crippen LogP contribution in [0.15, 0.2) is 41.2 Å². The van der Waals surface area contributed by atoms with Crippen molar-refractivity contribution in [3.05, 3.63) is 63.6 Å². The van der Waals surface area contributed by atoms with Crippen molar-refractivity contribution in [2.24, 2.45) is 0 Å². The number of rotatable bonds is 2. The number of H-pyrrole nitrogens is 2. The highest BCUT2D eigenvalue weighted by Gasteiger charge is 2.13. The largest absolute Gasteiger partial charge is 0.323 e. The van der Waals surface area contributed by atoms with Gasteiger partial charge in [-0.05, 0) is 43.2 Å². The molecule has 5 heteroatoms. The molecule has 1 heterocycles. The first-order valence-electron chi connectivity index (χ1n) is 6.64. The summed E-state index contributed by atoms with van der Waals surface area (Å²) in [4.78, 5) is 29.1. The van der Waals surface area contributed by atoms with Crippen LogP contribution in [0.5, 0.6) is 0 Å². The van der Waals surface area contributed by atoms with E-state index < -0.39 is 0 Å². The molecule has 0 atom stereocenters. The first-order valence-corrected chi connectivity index (χ1v) is 6.64. The lowest BCUT2D eigenvalue weighted by molar-refractivity contribution is 0.102. The van der Waals surface area contributed by atoms with E-state index in [4.69, 9.17) is 0 Å². The summed E-state index contributed by atoms with van der Waals surface area (Å²) in [5.74, 6) is -0.246. The highest BCUT2D eigenvalue weighted by Crippen LogP contribution is 2.19. The molecular formula is C16H15N3O2. The Balaban J connectivity index is 2.01. The summed E-state index contributed by atoms with van der Waals surface area (Å²) in [6, 6.07) is 11.1. The van der Waals surface area contributed by atoms with Gasteiger partial charge in [0.15, 0.2) is 0 Å². The van der Waals surface area contributed by atoms with Gasteiger partial charge in [0.25, 0.3) is 5.91 Å². The van der Waals surface area contributed by atoms with Crippen LogP contribution in [-0.4, -0.2) is 15.9 Å². The van der Waals surface area contributed by atoms with E-state index >= 15 is 0 Å². The zero-order chi connectivity index (χ0) is 15.0. The maximum absolute atomic E-state index is 12.5. The van der Waals surface area contributed by atoms with Crippen molar-refractivity contribution < 1.29 is 4.79 Å². The molecule has 3 rings (SSSR count). The molecule has 3 N–H and O–H groups in total. The molecule has 2 aromatic carbocycles. The molecule has 0 aliphatic carbocycles. The summed E-state index contributed by atoms with van der Waals surface area (Å²) in [6.45, 7) is 3.91. The van der Waals surface area contributed by atoms with Gasteiger partial charge in [-0.15, -0.1) is 0 Å². The third-order valence-corrected chi connectivity index (χ3v) is 3.44. The monoisotopic (exact) mass is 281 g/mol. The first kappa shape index (κ1) is 13.2. The maximum atomic E-state index is 12.5. The van der Waals surface area contributed by atoms with E-state index in [2.05, 4.69) is 15.3 Å². The molecule has 0 saturated carbocycles. The summed E-state index contributed by atoms with van der Waals surface area (Å²) in [5.41, 5.74) is 4.09. The Bertz CT molecular complexity index is 890. The minimum atomic E-state index is -0.322. The third-order valence-electron chi connectivity index (χ3n) is 3.44. The van der Waals surface area contributed by atoms with Crippen LogP contribution in [0.1, 0.15) is 21.5 Å². The molecule has 3 aromatic rings. The zero-order valence-electron chi connectivity index (χ0n) is 11.8. The van der Waals surface area contributed by atoms with Crippen LogP contribution in [0.4, 0.5) is 5.69 Å². The van der Waals surface area contributed by atoms with Gasteiger partial charge < -0.3 is 15.3 Å². The fraction of sp³-hybridized carbons (Fsp3) is 0.125. The maximum Gasteiger partial charge on any atom is 0.323 e. The second-order valence-electron chi connectivity index (χ2n) is 5.08. The quantitative estimate of drug-likeness (QED) is 0.675. The molecule has 0 unspecified atom stereocenters. The molecule has 1 amide bonds. The van der Waals surface area contributed by atoms with Crippen LogP contribution in [0.2, 0.25) is 0 Å². The number of benzene rings is 2. The molecule has 0 radical (unpaired) electrons. The molecule has 5 nitrogen and oxygen atoms in total. The number of fused-ring (bicyclic) bond motifs is 1. The molecular weight excluding hydrogens is 266 g/mol.